The number of anilines is 1. The average Bonchev–Trinajstić information content (AvgIpc) is 2.09. The van der Waals surface area contributed by atoms with Crippen LogP contribution in [0.5, 0.6) is 5.88 Å². The lowest BCUT2D eigenvalue weighted by Crippen LogP contribution is -2.04. The number of nitrogens with zero attached hydrogens (tertiary/aromatic N) is 1. The van der Waals surface area contributed by atoms with Crippen LogP contribution in [-0.2, 0) is 0 Å². The van der Waals surface area contributed by atoms with E-state index in [0.29, 0.717) is 12.7 Å². The fraction of sp³-hybridized carbons (Fsp3) is 0.375. The molecular formula is C8H10F2N2O. The third-order valence-electron chi connectivity index (χ3n) is 1.37. The Balaban J connectivity index is 2.88. The topological polar surface area (TPSA) is 48.1 Å². The van der Waals surface area contributed by atoms with Crippen LogP contribution in [-0.4, -0.2) is 11.6 Å². The van der Waals surface area contributed by atoms with E-state index in [-0.39, 0.29) is 11.7 Å². The molecule has 0 fully saturated rings. The molecule has 0 spiro atoms. The molecule has 2 N–H and O–H groups in total. The summed E-state index contributed by atoms with van der Waals surface area (Å²) in [6.07, 6.45) is 0.721. The number of pyridine rings is 1. The lowest BCUT2D eigenvalue weighted by atomic mass is 10.4. The minimum Gasteiger partial charge on any atom is -0.476 e. The second-order valence-corrected chi connectivity index (χ2v) is 2.49. The molecule has 0 aromatic carbocycles. The number of rotatable bonds is 3. The first-order valence-electron chi connectivity index (χ1n) is 3.89. The Morgan fingerprint density at radius 3 is 2.77 bits per heavy atom. The van der Waals surface area contributed by atoms with Crippen LogP contribution < -0.4 is 10.5 Å². The highest BCUT2D eigenvalue weighted by Gasteiger charge is 2.09. The molecule has 3 nitrogen and oxygen atoms in total. The Bertz CT molecular complexity index is 304. The van der Waals surface area contributed by atoms with Gasteiger partial charge in [-0.05, 0) is 6.42 Å². The molecule has 0 saturated heterocycles. The van der Waals surface area contributed by atoms with E-state index in [9.17, 15) is 8.78 Å². The summed E-state index contributed by atoms with van der Waals surface area (Å²) in [6, 6.07) is 0.660. The number of nitrogen functional groups attached to an aromatic ring is 1. The second kappa shape index (κ2) is 4.02. The molecule has 0 bridgehead atoms. The van der Waals surface area contributed by atoms with Gasteiger partial charge < -0.3 is 10.5 Å². The van der Waals surface area contributed by atoms with Crippen molar-refractivity contribution in [1.82, 2.24) is 4.98 Å². The van der Waals surface area contributed by atoms with Crippen molar-refractivity contribution < 1.29 is 13.5 Å². The van der Waals surface area contributed by atoms with E-state index < -0.39 is 11.6 Å². The minimum absolute atomic E-state index is 0.249. The highest BCUT2D eigenvalue weighted by Crippen LogP contribution is 2.18. The molecule has 0 atom stereocenters. The molecule has 1 aromatic rings. The molecule has 13 heavy (non-hydrogen) atoms. The molecule has 0 unspecified atom stereocenters. The first-order chi connectivity index (χ1) is 6.15. The maximum Gasteiger partial charge on any atom is 0.252 e. The fourth-order valence-corrected chi connectivity index (χ4v) is 0.763. The number of halogens is 2. The van der Waals surface area contributed by atoms with E-state index in [2.05, 4.69) is 4.98 Å². The molecule has 0 aliphatic heterocycles. The van der Waals surface area contributed by atoms with Crippen LogP contribution in [0.15, 0.2) is 6.07 Å². The Labute approximate surface area is 74.5 Å². The van der Waals surface area contributed by atoms with Gasteiger partial charge >= 0.3 is 0 Å². The Morgan fingerprint density at radius 2 is 2.15 bits per heavy atom. The molecule has 0 aliphatic rings. The molecular weight excluding hydrogens is 178 g/mol. The quantitative estimate of drug-likeness (QED) is 0.785. The zero-order chi connectivity index (χ0) is 9.84. The molecule has 0 saturated carbocycles. The van der Waals surface area contributed by atoms with E-state index >= 15 is 0 Å². The summed E-state index contributed by atoms with van der Waals surface area (Å²) in [5, 5.41) is 0. The van der Waals surface area contributed by atoms with Gasteiger partial charge in [0, 0.05) is 6.07 Å². The summed E-state index contributed by atoms with van der Waals surface area (Å²) in [7, 11) is 0. The number of aromatic nitrogens is 1. The van der Waals surface area contributed by atoms with E-state index in [0.717, 1.165) is 6.42 Å². The van der Waals surface area contributed by atoms with Gasteiger partial charge in [-0.2, -0.15) is 4.98 Å². The summed E-state index contributed by atoms with van der Waals surface area (Å²) >= 11 is 0. The highest BCUT2D eigenvalue weighted by molar-refractivity contribution is 5.34. The van der Waals surface area contributed by atoms with Crippen LogP contribution in [0.25, 0.3) is 0 Å². The summed E-state index contributed by atoms with van der Waals surface area (Å²) in [4.78, 5) is 3.42. The number of hydrogen-bond donors (Lipinski definition) is 1. The zero-order valence-electron chi connectivity index (χ0n) is 7.18. The van der Waals surface area contributed by atoms with Gasteiger partial charge in [0.2, 0.25) is 0 Å². The Kier molecular flexibility index (Phi) is 3.00. The minimum atomic E-state index is -0.874. The summed E-state index contributed by atoms with van der Waals surface area (Å²) < 4.78 is 30.4. The van der Waals surface area contributed by atoms with Crippen LogP contribution in [0.3, 0.4) is 0 Å². The molecule has 0 radical (unpaired) electrons. The predicted molar refractivity (Wildman–Crippen MR) is 44.4 cm³/mol. The first kappa shape index (κ1) is 9.70. The van der Waals surface area contributed by atoms with Crippen molar-refractivity contribution in [2.45, 2.75) is 13.3 Å². The summed E-state index contributed by atoms with van der Waals surface area (Å²) in [6.45, 7) is 2.19. The van der Waals surface area contributed by atoms with E-state index in [1.165, 1.54) is 0 Å². The molecule has 0 amide bonds. The van der Waals surface area contributed by atoms with Crippen LogP contribution >= 0.6 is 0 Å². The molecule has 1 heterocycles. The van der Waals surface area contributed by atoms with Gasteiger partial charge in [0.25, 0.3) is 5.88 Å². The smallest absolute Gasteiger partial charge is 0.252 e. The van der Waals surface area contributed by atoms with Gasteiger partial charge in [-0.3, -0.25) is 0 Å². The Morgan fingerprint density at radius 1 is 1.46 bits per heavy atom. The third kappa shape index (κ3) is 2.27. The number of ether oxygens (including phenoxy) is 1. The monoisotopic (exact) mass is 188 g/mol. The van der Waals surface area contributed by atoms with E-state index in [1.54, 1.807) is 0 Å². The maximum atomic E-state index is 12.9. The van der Waals surface area contributed by atoms with Gasteiger partial charge in [0.05, 0.1) is 6.61 Å². The van der Waals surface area contributed by atoms with Crippen molar-refractivity contribution in [3.05, 3.63) is 17.7 Å². The van der Waals surface area contributed by atoms with E-state index in [4.69, 9.17) is 10.5 Å². The van der Waals surface area contributed by atoms with Crippen molar-refractivity contribution in [3.8, 4) is 5.88 Å². The summed E-state index contributed by atoms with van der Waals surface area (Å²) in [5.41, 5.74) is 5.13. The largest absolute Gasteiger partial charge is 0.476 e. The van der Waals surface area contributed by atoms with Crippen LogP contribution in [0, 0.1) is 11.6 Å². The average molecular weight is 188 g/mol. The molecule has 1 aromatic heterocycles. The van der Waals surface area contributed by atoms with Crippen molar-refractivity contribution in [2.24, 2.45) is 0 Å². The third-order valence-corrected chi connectivity index (χ3v) is 1.37. The zero-order valence-corrected chi connectivity index (χ0v) is 7.18. The second-order valence-electron chi connectivity index (χ2n) is 2.49. The first-order valence-corrected chi connectivity index (χ1v) is 3.89. The van der Waals surface area contributed by atoms with Crippen LogP contribution in [0.1, 0.15) is 13.3 Å². The molecule has 5 heteroatoms. The lowest BCUT2D eigenvalue weighted by Gasteiger charge is -2.05. The van der Waals surface area contributed by atoms with Gasteiger partial charge in [0.15, 0.2) is 17.5 Å². The van der Waals surface area contributed by atoms with Gasteiger partial charge in [0.1, 0.15) is 0 Å². The van der Waals surface area contributed by atoms with Crippen LogP contribution in [0.4, 0.5) is 14.6 Å². The van der Waals surface area contributed by atoms with Gasteiger partial charge in [-0.25, -0.2) is 8.78 Å². The fourth-order valence-electron chi connectivity index (χ4n) is 0.763. The Hall–Kier alpha value is -1.39. The maximum absolute atomic E-state index is 12.9. The molecule has 72 valence electrons. The van der Waals surface area contributed by atoms with E-state index in [1.807, 2.05) is 6.92 Å². The number of hydrogen-bond acceptors (Lipinski definition) is 3. The molecule has 0 aliphatic carbocycles. The van der Waals surface area contributed by atoms with Crippen molar-refractivity contribution in [1.29, 1.82) is 0 Å². The van der Waals surface area contributed by atoms with Gasteiger partial charge in [-0.15, -0.1) is 0 Å². The normalized spacial score (nSPS) is 10.1. The van der Waals surface area contributed by atoms with Crippen molar-refractivity contribution in [2.75, 3.05) is 12.3 Å². The van der Waals surface area contributed by atoms with Crippen LogP contribution in [0.2, 0.25) is 0 Å². The predicted octanol–water partition coefficient (Wildman–Crippen LogP) is 1.73. The highest BCUT2D eigenvalue weighted by atomic mass is 19.1. The molecule has 1 rings (SSSR count). The number of nitrogens with two attached hydrogens (primary N) is 1. The van der Waals surface area contributed by atoms with Gasteiger partial charge in [-0.1, -0.05) is 6.92 Å². The SMILES string of the molecule is CCCOc1nc(N)c(F)cc1F. The van der Waals surface area contributed by atoms with Crippen molar-refractivity contribution >= 4 is 5.82 Å². The van der Waals surface area contributed by atoms with Crippen molar-refractivity contribution in [3.63, 3.8) is 0 Å². The lowest BCUT2D eigenvalue weighted by molar-refractivity contribution is 0.287. The summed E-state index contributed by atoms with van der Waals surface area (Å²) in [5.74, 6) is -2.31. The standard InChI is InChI=1S/C8H10F2N2O/c1-2-3-13-8-6(10)4-5(9)7(11)12-8/h4H,2-3H2,1H3,(H2,11,12).